The Balaban J connectivity index is 1.97. The molecule has 0 bridgehead atoms. The summed E-state index contributed by atoms with van der Waals surface area (Å²) in [7, 11) is -4.07. The number of carbonyl (C=O) groups excluding carboxylic acids is 1. The number of halogens is 1. The highest BCUT2D eigenvalue weighted by atomic mass is 35.5. The van der Waals surface area contributed by atoms with Gasteiger partial charge in [-0.3, -0.25) is 9.59 Å². The van der Waals surface area contributed by atoms with Gasteiger partial charge >= 0.3 is 0 Å². The molecular weight excluding hydrogens is 460 g/mol. The molecule has 1 heterocycles. The molecule has 0 spiro atoms. The molecule has 0 fully saturated rings. The molecule has 33 heavy (non-hydrogen) atoms. The zero-order valence-corrected chi connectivity index (χ0v) is 20.6. The number of aryl methyl sites for hydroxylation is 2. The van der Waals surface area contributed by atoms with Gasteiger partial charge in [0.05, 0.1) is 15.6 Å². The van der Waals surface area contributed by atoms with Crippen molar-refractivity contribution in [3.8, 4) is 0 Å². The number of amides is 1. The molecule has 6 nitrogen and oxygen atoms in total. The highest BCUT2D eigenvalue weighted by Gasteiger charge is 2.26. The Morgan fingerprint density at radius 3 is 2.30 bits per heavy atom. The van der Waals surface area contributed by atoms with Gasteiger partial charge in [0.1, 0.15) is 11.4 Å². The quantitative estimate of drug-likeness (QED) is 0.520. The maximum atomic E-state index is 13.4. The third-order valence-electron chi connectivity index (χ3n) is 5.24. The van der Waals surface area contributed by atoms with Gasteiger partial charge in [-0.1, -0.05) is 49.7 Å². The summed E-state index contributed by atoms with van der Waals surface area (Å²) < 4.78 is 27.9. The zero-order valence-electron chi connectivity index (χ0n) is 19.1. The molecule has 0 aliphatic carbocycles. The van der Waals surface area contributed by atoms with E-state index in [4.69, 9.17) is 11.6 Å². The van der Waals surface area contributed by atoms with Crippen LogP contribution < -0.4 is 10.9 Å². The van der Waals surface area contributed by atoms with Gasteiger partial charge in [-0.25, -0.2) is 8.42 Å². The summed E-state index contributed by atoms with van der Waals surface area (Å²) in [4.78, 5) is 25.6. The monoisotopic (exact) mass is 486 g/mol. The summed E-state index contributed by atoms with van der Waals surface area (Å²) in [5.74, 6) is -0.0468. The lowest BCUT2D eigenvalue weighted by molar-refractivity contribution is -0.116. The molecule has 8 heteroatoms. The predicted octanol–water partition coefficient (Wildman–Crippen LogP) is 4.79. The van der Waals surface area contributed by atoms with E-state index >= 15 is 0 Å². The van der Waals surface area contributed by atoms with Crippen LogP contribution in [0.5, 0.6) is 0 Å². The lowest BCUT2D eigenvalue weighted by Gasteiger charge is -2.15. The Morgan fingerprint density at radius 1 is 1.06 bits per heavy atom. The first-order chi connectivity index (χ1) is 15.5. The Hall–Kier alpha value is -2.90. The SMILES string of the molecule is Cc1cc(C)n(CC(=O)Nc2ccccc2Cl)c(=O)c1S(=O)(=O)c1ccc(CC(C)C)cc1. The number of nitrogens with zero attached hydrogens (tertiary/aromatic N) is 1. The second-order valence-corrected chi connectivity index (χ2v) is 10.8. The molecule has 0 radical (unpaired) electrons. The van der Waals surface area contributed by atoms with Gasteiger partial charge in [0.15, 0.2) is 0 Å². The maximum Gasteiger partial charge on any atom is 0.270 e. The van der Waals surface area contributed by atoms with Crippen LogP contribution in [0.3, 0.4) is 0 Å². The van der Waals surface area contributed by atoms with Gasteiger partial charge in [0, 0.05) is 5.69 Å². The van der Waals surface area contributed by atoms with E-state index in [0.717, 1.165) is 12.0 Å². The fourth-order valence-electron chi connectivity index (χ4n) is 3.72. The van der Waals surface area contributed by atoms with Gasteiger partial charge in [0.25, 0.3) is 5.56 Å². The third-order valence-corrected chi connectivity index (χ3v) is 7.50. The van der Waals surface area contributed by atoms with E-state index < -0.39 is 21.3 Å². The lowest BCUT2D eigenvalue weighted by atomic mass is 10.0. The first-order valence-corrected chi connectivity index (χ1v) is 12.5. The van der Waals surface area contributed by atoms with Crippen molar-refractivity contribution in [2.75, 3.05) is 5.32 Å². The number of aromatic nitrogens is 1. The Bertz CT molecular complexity index is 1340. The average molecular weight is 487 g/mol. The van der Waals surface area contributed by atoms with Crippen LogP contribution in [0.1, 0.15) is 30.7 Å². The number of benzene rings is 2. The summed E-state index contributed by atoms with van der Waals surface area (Å²) in [5.41, 5.74) is 1.53. The zero-order chi connectivity index (χ0) is 24.3. The van der Waals surface area contributed by atoms with E-state index in [1.807, 2.05) is 0 Å². The van der Waals surface area contributed by atoms with Crippen molar-refractivity contribution in [1.82, 2.24) is 4.57 Å². The van der Waals surface area contributed by atoms with Crippen molar-refractivity contribution in [2.24, 2.45) is 5.92 Å². The lowest BCUT2D eigenvalue weighted by Crippen LogP contribution is -2.33. The van der Waals surface area contributed by atoms with E-state index in [2.05, 4.69) is 19.2 Å². The largest absolute Gasteiger partial charge is 0.323 e. The molecule has 1 amide bonds. The van der Waals surface area contributed by atoms with Crippen molar-refractivity contribution in [3.63, 3.8) is 0 Å². The fraction of sp³-hybridized carbons (Fsp3) is 0.280. The number of anilines is 1. The number of sulfone groups is 1. The van der Waals surface area contributed by atoms with Gasteiger partial charge in [0.2, 0.25) is 15.7 Å². The first kappa shape index (κ1) is 24.7. The second-order valence-electron chi connectivity index (χ2n) is 8.46. The summed E-state index contributed by atoms with van der Waals surface area (Å²) in [6.45, 7) is 7.08. The number of hydrogen-bond acceptors (Lipinski definition) is 4. The minimum atomic E-state index is -4.07. The maximum absolute atomic E-state index is 13.4. The predicted molar refractivity (Wildman–Crippen MR) is 131 cm³/mol. The Labute approximate surface area is 199 Å². The average Bonchev–Trinajstić information content (AvgIpc) is 2.72. The number of pyridine rings is 1. The normalized spacial score (nSPS) is 11.6. The van der Waals surface area contributed by atoms with Gasteiger partial charge < -0.3 is 9.88 Å². The number of rotatable bonds is 7. The highest BCUT2D eigenvalue weighted by Crippen LogP contribution is 2.23. The van der Waals surface area contributed by atoms with E-state index in [1.54, 1.807) is 56.3 Å². The van der Waals surface area contributed by atoms with Gasteiger partial charge in [-0.05, 0) is 67.6 Å². The van der Waals surface area contributed by atoms with Crippen LogP contribution in [0, 0.1) is 19.8 Å². The molecule has 0 aliphatic heterocycles. The molecule has 1 N–H and O–H groups in total. The number of nitrogens with one attached hydrogen (secondary N) is 1. The fourth-order valence-corrected chi connectivity index (χ4v) is 5.46. The van der Waals surface area contributed by atoms with Crippen molar-refractivity contribution in [2.45, 2.75) is 50.5 Å². The minimum absolute atomic E-state index is 0.0473. The highest BCUT2D eigenvalue weighted by molar-refractivity contribution is 7.91. The smallest absolute Gasteiger partial charge is 0.270 e. The van der Waals surface area contributed by atoms with Crippen LogP contribution in [0.15, 0.2) is 69.2 Å². The number of carbonyl (C=O) groups is 1. The van der Waals surface area contributed by atoms with Gasteiger partial charge in [-0.15, -0.1) is 0 Å². The molecule has 0 unspecified atom stereocenters. The Morgan fingerprint density at radius 2 is 1.70 bits per heavy atom. The molecule has 174 valence electrons. The molecule has 0 saturated heterocycles. The van der Waals surface area contributed by atoms with Crippen LogP contribution in [0.25, 0.3) is 0 Å². The van der Waals surface area contributed by atoms with Crippen molar-refractivity contribution in [3.05, 3.63) is 86.8 Å². The third kappa shape index (κ3) is 5.54. The molecule has 1 aromatic heterocycles. The summed E-state index contributed by atoms with van der Waals surface area (Å²) in [6.07, 6.45) is 0.831. The summed E-state index contributed by atoms with van der Waals surface area (Å²) >= 11 is 6.08. The van der Waals surface area contributed by atoms with Crippen LogP contribution in [0.4, 0.5) is 5.69 Å². The first-order valence-electron chi connectivity index (χ1n) is 10.6. The van der Waals surface area contributed by atoms with Crippen molar-refractivity contribution >= 4 is 33.0 Å². The minimum Gasteiger partial charge on any atom is -0.323 e. The van der Waals surface area contributed by atoms with Crippen LogP contribution in [-0.4, -0.2) is 18.9 Å². The number of hydrogen-bond donors (Lipinski definition) is 1. The van der Waals surface area contributed by atoms with Crippen LogP contribution in [-0.2, 0) is 27.6 Å². The molecule has 3 aromatic rings. The van der Waals surface area contributed by atoms with Crippen LogP contribution in [0.2, 0.25) is 5.02 Å². The molecule has 0 aliphatic rings. The molecule has 3 rings (SSSR count). The molecule has 0 saturated carbocycles. The summed E-state index contributed by atoms with van der Waals surface area (Å²) in [5, 5.41) is 3.02. The van der Waals surface area contributed by atoms with Gasteiger partial charge in [-0.2, -0.15) is 0 Å². The molecule has 0 atom stereocenters. The molecule has 2 aromatic carbocycles. The summed E-state index contributed by atoms with van der Waals surface area (Å²) in [6, 6.07) is 14.9. The van der Waals surface area contributed by atoms with Crippen LogP contribution >= 0.6 is 11.6 Å². The van der Waals surface area contributed by atoms with E-state index in [9.17, 15) is 18.0 Å². The van der Waals surface area contributed by atoms with E-state index in [-0.39, 0.29) is 16.3 Å². The van der Waals surface area contributed by atoms with Crippen molar-refractivity contribution < 1.29 is 13.2 Å². The Kier molecular flexibility index (Phi) is 7.44. The van der Waals surface area contributed by atoms with Crippen molar-refractivity contribution in [1.29, 1.82) is 0 Å². The van der Waals surface area contributed by atoms with E-state index in [1.165, 1.54) is 16.7 Å². The second kappa shape index (κ2) is 9.93. The number of para-hydroxylation sites is 1. The standard InChI is InChI=1S/C25H27ClN2O4S/c1-16(2)13-19-9-11-20(12-10-19)33(31,32)24-17(3)14-18(4)28(25(24)30)15-23(29)27-22-8-6-5-7-21(22)26/h5-12,14,16H,13,15H2,1-4H3,(H,27,29). The molecular formula is C25H27ClN2O4S. The van der Waals surface area contributed by atoms with E-state index in [0.29, 0.717) is 27.9 Å². The topological polar surface area (TPSA) is 85.2 Å².